The third kappa shape index (κ3) is 1.61. The number of hydrogen-bond donors (Lipinski definition) is 2. The van der Waals surface area contributed by atoms with Crippen molar-refractivity contribution in [3.63, 3.8) is 0 Å². The van der Waals surface area contributed by atoms with Crippen LogP contribution in [0.2, 0.25) is 0 Å². The average Bonchev–Trinajstić information content (AvgIpc) is 2.82. The maximum absolute atomic E-state index is 12.3. The number of carboxylic acids is 1. The maximum atomic E-state index is 12.3. The Bertz CT molecular complexity index is 464. The van der Waals surface area contributed by atoms with E-state index in [4.69, 9.17) is 0 Å². The molecule has 0 radical (unpaired) electrons. The van der Waals surface area contributed by atoms with Gasteiger partial charge in [-0.25, -0.2) is 4.79 Å². The Morgan fingerprint density at radius 1 is 1.25 bits per heavy atom. The molecular formula is C15H22N2O3. The van der Waals surface area contributed by atoms with E-state index in [1.807, 2.05) is 0 Å². The van der Waals surface area contributed by atoms with Crippen LogP contribution in [0, 0.1) is 29.1 Å². The van der Waals surface area contributed by atoms with Gasteiger partial charge in [0.2, 0.25) is 0 Å². The van der Waals surface area contributed by atoms with Gasteiger partial charge in [0.1, 0.15) is 0 Å². The van der Waals surface area contributed by atoms with E-state index in [2.05, 4.69) is 5.32 Å². The Labute approximate surface area is 118 Å². The van der Waals surface area contributed by atoms with Gasteiger partial charge in [0, 0.05) is 19.1 Å². The average molecular weight is 278 g/mol. The molecule has 4 fully saturated rings. The van der Waals surface area contributed by atoms with Crippen LogP contribution in [-0.2, 0) is 4.79 Å². The predicted molar refractivity (Wildman–Crippen MR) is 72.1 cm³/mol. The minimum absolute atomic E-state index is 0.0474. The summed E-state index contributed by atoms with van der Waals surface area (Å²) in [6, 6.07) is 0.333. The van der Waals surface area contributed by atoms with E-state index < -0.39 is 11.4 Å². The van der Waals surface area contributed by atoms with Crippen LogP contribution in [0.1, 0.15) is 32.6 Å². The van der Waals surface area contributed by atoms with Crippen LogP contribution in [-0.4, -0.2) is 41.1 Å². The van der Waals surface area contributed by atoms with Crippen molar-refractivity contribution < 1.29 is 14.7 Å². The Morgan fingerprint density at radius 3 is 2.45 bits per heavy atom. The zero-order valence-electron chi connectivity index (χ0n) is 11.8. The number of nitrogens with one attached hydrogen (secondary N) is 1. The number of carbonyl (C=O) groups excluding carboxylic acids is 1. The molecule has 0 aromatic carbocycles. The molecule has 4 rings (SSSR count). The third-order valence-electron chi connectivity index (χ3n) is 6.30. The molecule has 110 valence electrons. The molecule has 2 amide bonds. The molecule has 1 saturated heterocycles. The molecule has 0 spiro atoms. The minimum atomic E-state index is -0.797. The fraction of sp³-hybridized carbons (Fsp3) is 0.867. The van der Waals surface area contributed by atoms with Crippen molar-refractivity contribution >= 4 is 12.0 Å². The Kier molecular flexibility index (Phi) is 2.43. The van der Waals surface area contributed by atoms with Crippen molar-refractivity contribution in [2.45, 2.75) is 38.6 Å². The molecule has 5 unspecified atom stereocenters. The number of rotatable bonds is 2. The standard InChI is InChI=1S/C15H22N2O3/c1-15(13(18)19)4-5-17(7-15)14(20)16-12-10-8-2-3-9(6-8)11(10)12/h8-12H,2-7H2,1H3,(H,16,20)(H,18,19). The van der Waals surface area contributed by atoms with Crippen molar-refractivity contribution in [2.75, 3.05) is 13.1 Å². The molecule has 5 atom stereocenters. The van der Waals surface area contributed by atoms with Crippen molar-refractivity contribution in [2.24, 2.45) is 29.1 Å². The molecule has 0 aromatic heterocycles. The number of likely N-dealkylation sites (tertiary alicyclic amines) is 1. The number of nitrogens with zero attached hydrogens (tertiary/aromatic N) is 1. The van der Waals surface area contributed by atoms with Crippen LogP contribution in [0.15, 0.2) is 0 Å². The summed E-state index contributed by atoms with van der Waals surface area (Å²) in [7, 11) is 0. The molecule has 2 bridgehead atoms. The highest BCUT2D eigenvalue weighted by molar-refractivity contribution is 5.79. The van der Waals surface area contributed by atoms with Gasteiger partial charge in [-0.1, -0.05) is 0 Å². The molecule has 5 nitrogen and oxygen atoms in total. The highest BCUT2D eigenvalue weighted by Gasteiger charge is 2.65. The van der Waals surface area contributed by atoms with Gasteiger partial charge in [-0.15, -0.1) is 0 Å². The zero-order chi connectivity index (χ0) is 14.1. The molecule has 5 heteroatoms. The highest BCUT2D eigenvalue weighted by atomic mass is 16.4. The highest BCUT2D eigenvalue weighted by Crippen LogP contribution is 2.65. The van der Waals surface area contributed by atoms with Crippen molar-refractivity contribution in [3.8, 4) is 0 Å². The summed E-state index contributed by atoms with van der Waals surface area (Å²) in [6.45, 7) is 2.63. The monoisotopic (exact) mass is 278 g/mol. The summed E-state index contributed by atoms with van der Waals surface area (Å²) in [5.41, 5.74) is -0.768. The predicted octanol–water partition coefficient (Wildman–Crippen LogP) is 1.54. The molecule has 3 aliphatic carbocycles. The van der Waals surface area contributed by atoms with Gasteiger partial charge in [-0.05, 0) is 56.3 Å². The number of amides is 2. The quantitative estimate of drug-likeness (QED) is 0.805. The van der Waals surface area contributed by atoms with Crippen LogP contribution in [0.5, 0.6) is 0 Å². The maximum Gasteiger partial charge on any atom is 0.317 e. The van der Waals surface area contributed by atoms with Gasteiger partial charge in [0.15, 0.2) is 0 Å². The van der Waals surface area contributed by atoms with Gasteiger partial charge in [0.25, 0.3) is 0 Å². The van der Waals surface area contributed by atoms with E-state index in [1.54, 1.807) is 11.8 Å². The molecular weight excluding hydrogens is 256 g/mol. The van der Waals surface area contributed by atoms with E-state index in [1.165, 1.54) is 19.3 Å². The Morgan fingerprint density at radius 2 is 1.90 bits per heavy atom. The molecule has 3 saturated carbocycles. The van der Waals surface area contributed by atoms with Crippen molar-refractivity contribution in [1.29, 1.82) is 0 Å². The molecule has 2 N–H and O–H groups in total. The second-order valence-corrected chi connectivity index (χ2v) is 7.50. The summed E-state index contributed by atoms with van der Waals surface area (Å²) in [5.74, 6) is 2.35. The lowest BCUT2D eigenvalue weighted by Crippen LogP contribution is -2.43. The lowest BCUT2D eigenvalue weighted by atomic mass is 9.90. The Balaban J connectivity index is 1.35. The van der Waals surface area contributed by atoms with Crippen molar-refractivity contribution in [1.82, 2.24) is 10.2 Å². The van der Waals surface area contributed by atoms with E-state index in [9.17, 15) is 14.7 Å². The summed E-state index contributed by atoms with van der Waals surface area (Å²) in [5, 5.41) is 12.4. The number of hydrogen-bond acceptors (Lipinski definition) is 2. The fourth-order valence-corrected chi connectivity index (χ4v) is 5.06. The molecule has 20 heavy (non-hydrogen) atoms. The van der Waals surface area contributed by atoms with Gasteiger partial charge < -0.3 is 15.3 Å². The molecule has 1 aliphatic heterocycles. The smallest absolute Gasteiger partial charge is 0.317 e. The van der Waals surface area contributed by atoms with Crippen LogP contribution in [0.3, 0.4) is 0 Å². The molecule has 0 aromatic rings. The first-order valence-corrected chi connectivity index (χ1v) is 7.78. The van der Waals surface area contributed by atoms with Gasteiger partial charge in [0.05, 0.1) is 5.41 Å². The lowest BCUT2D eigenvalue weighted by molar-refractivity contribution is -0.146. The summed E-state index contributed by atoms with van der Waals surface area (Å²) >= 11 is 0. The largest absolute Gasteiger partial charge is 0.481 e. The summed E-state index contributed by atoms with van der Waals surface area (Å²) in [6.07, 6.45) is 4.62. The third-order valence-corrected chi connectivity index (χ3v) is 6.30. The molecule has 4 aliphatic rings. The van der Waals surface area contributed by atoms with E-state index >= 15 is 0 Å². The normalized spacial score (nSPS) is 48.2. The number of carbonyl (C=O) groups is 2. The number of carboxylic acid groups (broad SMARTS) is 1. The first kappa shape index (κ1) is 12.5. The van der Waals surface area contributed by atoms with Crippen LogP contribution in [0.4, 0.5) is 4.79 Å². The number of fused-ring (bicyclic) bond motifs is 5. The van der Waals surface area contributed by atoms with Gasteiger partial charge >= 0.3 is 12.0 Å². The minimum Gasteiger partial charge on any atom is -0.481 e. The molecule has 1 heterocycles. The first-order valence-electron chi connectivity index (χ1n) is 7.78. The fourth-order valence-electron chi connectivity index (χ4n) is 5.06. The van der Waals surface area contributed by atoms with Gasteiger partial charge in [-0.3, -0.25) is 4.79 Å². The Hall–Kier alpha value is -1.26. The van der Waals surface area contributed by atoms with Crippen LogP contribution >= 0.6 is 0 Å². The SMILES string of the molecule is CC1(C(=O)O)CCN(C(=O)NC2C3C4CCC(C4)C23)C1. The number of urea groups is 1. The summed E-state index contributed by atoms with van der Waals surface area (Å²) in [4.78, 5) is 25.2. The van der Waals surface area contributed by atoms with Crippen molar-refractivity contribution in [3.05, 3.63) is 0 Å². The van der Waals surface area contributed by atoms with E-state index in [0.717, 1.165) is 23.7 Å². The van der Waals surface area contributed by atoms with Gasteiger partial charge in [-0.2, -0.15) is 0 Å². The zero-order valence-corrected chi connectivity index (χ0v) is 11.8. The lowest BCUT2D eigenvalue weighted by Gasteiger charge is -2.21. The topological polar surface area (TPSA) is 69.6 Å². The second kappa shape index (κ2) is 3.89. The van der Waals surface area contributed by atoms with Crippen LogP contribution in [0.25, 0.3) is 0 Å². The number of aliphatic carboxylic acids is 1. The van der Waals surface area contributed by atoms with Crippen LogP contribution < -0.4 is 5.32 Å². The second-order valence-electron chi connectivity index (χ2n) is 7.50. The first-order chi connectivity index (χ1) is 9.49. The summed E-state index contributed by atoms with van der Waals surface area (Å²) < 4.78 is 0. The van der Waals surface area contributed by atoms with E-state index in [0.29, 0.717) is 25.6 Å². The van der Waals surface area contributed by atoms with E-state index in [-0.39, 0.29) is 6.03 Å².